The van der Waals surface area contributed by atoms with E-state index in [1.807, 2.05) is 30.3 Å². The van der Waals surface area contributed by atoms with Crippen molar-refractivity contribution in [3.63, 3.8) is 0 Å². The second kappa shape index (κ2) is 8.48. The quantitative estimate of drug-likeness (QED) is 0.616. The van der Waals surface area contributed by atoms with E-state index in [-0.39, 0.29) is 18.0 Å². The predicted octanol–water partition coefficient (Wildman–Crippen LogP) is 4.47. The molecule has 30 heavy (non-hydrogen) atoms. The molecule has 4 rings (SSSR count). The van der Waals surface area contributed by atoms with Gasteiger partial charge in [-0.3, -0.25) is 0 Å². The maximum Gasteiger partial charge on any atom is 0.140 e. The minimum Gasteiger partial charge on any atom is -0.377 e. The zero-order valence-corrected chi connectivity index (χ0v) is 18.0. The first-order valence-electron chi connectivity index (χ1n) is 10.7. The van der Waals surface area contributed by atoms with E-state index in [1.165, 1.54) is 22.3 Å². The van der Waals surface area contributed by atoms with Crippen LogP contribution in [0.4, 0.5) is 0 Å². The molecular formula is C28H30NO+. The molecule has 3 aromatic rings. The molecule has 2 nitrogen and oxygen atoms in total. The Hall–Kier alpha value is -2.86. The number of hydrogen-bond acceptors (Lipinski definition) is 1. The molecule has 1 aliphatic rings. The molecule has 4 atom stereocenters. The average molecular weight is 397 g/mol. The van der Waals surface area contributed by atoms with Crippen molar-refractivity contribution in [2.24, 2.45) is 5.92 Å². The van der Waals surface area contributed by atoms with E-state index in [0.29, 0.717) is 6.42 Å². The highest BCUT2D eigenvalue weighted by atomic mass is 16.3. The van der Waals surface area contributed by atoms with Crippen LogP contribution in [0.5, 0.6) is 0 Å². The van der Waals surface area contributed by atoms with Crippen molar-refractivity contribution in [2.75, 3.05) is 0 Å². The fourth-order valence-corrected chi connectivity index (χ4v) is 4.40. The van der Waals surface area contributed by atoms with E-state index >= 15 is 0 Å². The van der Waals surface area contributed by atoms with Gasteiger partial charge in [0.1, 0.15) is 17.7 Å². The van der Waals surface area contributed by atoms with Crippen molar-refractivity contribution < 1.29 is 10.4 Å². The number of hydrogen-bond donors (Lipinski definition) is 2. The average Bonchev–Trinajstić information content (AvgIpc) is 2.76. The molecule has 3 N–H and O–H groups in total. The van der Waals surface area contributed by atoms with Crippen LogP contribution in [-0.4, -0.2) is 10.7 Å². The fourth-order valence-electron chi connectivity index (χ4n) is 4.40. The second-order valence-corrected chi connectivity index (χ2v) is 8.68. The Morgan fingerprint density at radius 3 is 2.00 bits per heavy atom. The number of quaternary nitrogens is 1. The Bertz CT molecular complexity index is 1040. The smallest absolute Gasteiger partial charge is 0.140 e. The molecule has 0 aromatic heterocycles. The van der Waals surface area contributed by atoms with Crippen molar-refractivity contribution in [3.05, 3.63) is 107 Å². The highest BCUT2D eigenvalue weighted by Gasteiger charge is 2.48. The van der Waals surface area contributed by atoms with Gasteiger partial charge in [0.05, 0.1) is 5.92 Å². The van der Waals surface area contributed by atoms with Crippen molar-refractivity contribution in [3.8, 4) is 11.8 Å². The molecule has 0 saturated carbocycles. The summed E-state index contributed by atoms with van der Waals surface area (Å²) in [6, 6.07) is 27.6. The molecule has 0 unspecified atom stereocenters. The molecule has 2 heteroatoms. The fraction of sp³-hybridized carbons (Fsp3) is 0.286. The minimum atomic E-state index is -1.06. The summed E-state index contributed by atoms with van der Waals surface area (Å²) in [5.41, 5.74) is 4.85. The lowest BCUT2D eigenvalue weighted by Gasteiger charge is -2.42. The summed E-state index contributed by atoms with van der Waals surface area (Å²) >= 11 is 0. The first-order valence-corrected chi connectivity index (χ1v) is 10.7. The molecule has 0 bridgehead atoms. The molecule has 1 heterocycles. The van der Waals surface area contributed by atoms with Crippen LogP contribution < -0.4 is 5.32 Å². The van der Waals surface area contributed by atoms with Crippen LogP contribution in [0.1, 0.15) is 53.2 Å². The van der Waals surface area contributed by atoms with Gasteiger partial charge in [-0.2, -0.15) is 0 Å². The van der Waals surface area contributed by atoms with Crippen LogP contribution in [0.15, 0.2) is 78.9 Å². The van der Waals surface area contributed by atoms with E-state index in [9.17, 15) is 5.11 Å². The SMILES string of the molecule is Cc1ccc([C@H]2C[C@](O)(C#Cc3ccccc3)[C@H](C)[C@H](c3ccc(C)cc3)[NH2+]2)cc1. The van der Waals surface area contributed by atoms with E-state index < -0.39 is 5.60 Å². The lowest BCUT2D eigenvalue weighted by Crippen LogP contribution is -2.91. The van der Waals surface area contributed by atoms with E-state index in [0.717, 1.165) is 5.56 Å². The summed E-state index contributed by atoms with van der Waals surface area (Å²) in [6.07, 6.45) is 0.611. The summed E-state index contributed by atoms with van der Waals surface area (Å²) in [6.45, 7) is 6.34. The molecule has 1 fully saturated rings. The summed E-state index contributed by atoms with van der Waals surface area (Å²) < 4.78 is 0. The van der Waals surface area contributed by atoms with Crippen molar-refractivity contribution >= 4 is 0 Å². The maximum atomic E-state index is 11.8. The topological polar surface area (TPSA) is 36.8 Å². The van der Waals surface area contributed by atoms with Gasteiger partial charge in [-0.05, 0) is 26.0 Å². The van der Waals surface area contributed by atoms with Crippen molar-refractivity contribution in [1.82, 2.24) is 0 Å². The molecule has 1 saturated heterocycles. The number of aliphatic hydroxyl groups is 1. The van der Waals surface area contributed by atoms with Crippen molar-refractivity contribution in [1.29, 1.82) is 0 Å². The second-order valence-electron chi connectivity index (χ2n) is 8.68. The molecule has 0 aliphatic carbocycles. The van der Waals surface area contributed by atoms with Crippen molar-refractivity contribution in [2.45, 2.75) is 44.9 Å². The first kappa shape index (κ1) is 20.4. The molecule has 0 spiro atoms. The normalized spacial score (nSPS) is 25.9. The molecule has 1 aliphatic heterocycles. The zero-order valence-electron chi connectivity index (χ0n) is 18.0. The third-order valence-corrected chi connectivity index (χ3v) is 6.43. The van der Waals surface area contributed by atoms with E-state index in [1.54, 1.807) is 0 Å². The van der Waals surface area contributed by atoms with Gasteiger partial charge >= 0.3 is 0 Å². The van der Waals surface area contributed by atoms with E-state index in [2.05, 4.69) is 86.5 Å². The molecule has 152 valence electrons. The first-order chi connectivity index (χ1) is 14.4. The van der Waals surface area contributed by atoms with Gasteiger partial charge in [-0.1, -0.05) is 96.6 Å². The summed E-state index contributed by atoms with van der Waals surface area (Å²) in [5.74, 6) is 6.50. The highest BCUT2D eigenvalue weighted by Crippen LogP contribution is 2.38. The van der Waals surface area contributed by atoms with Crippen LogP contribution >= 0.6 is 0 Å². The Morgan fingerprint density at radius 1 is 0.833 bits per heavy atom. The zero-order chi connectivity index (χ0) is 21.1. The minimum absolute atomic E-state index is 0.00174. The van der Waals surface area contributed by atoms with Crippen LogP contribution in [0.3, 0.4) is 0 Å². The number of rotatable bonds is 2. The van der Waals surface area contributed by atoms with Gasteiger partial charge in [0.2, 0.25) is 0 Å². The molecule has 0 amide bonds. The van der Waals surface area contributed by atoms with Gasteiger partial charge in [-0.15, -0.1) is 0 Å². The standard InChI is InChI=1S/C28H29NO/c1-20-9-13-24(14-10-20)26-19-28(30,18-17-23-7-5-4-6-8-23)22(3)27(29-26)25-15-11-21(2)12-16-25/h4-16,22,26-27,29-30H,19H2,1-3H3/p+1/t22-,26-,27-,28-/m1/s1. The molecule has 0 radical (unpaired) electrons. The summed E-state index contributed by atoms with van der Waals surface area (Å²) in [4.78, 5) is 0. The predicted molar refractivity (Wildman–Crippen MR) is 122 cm³/mol. The van der Waals surface area contributed by atoms with Gasteiger partial charge in [0.15, 0.2) is 0 Å². The number of aryl methyl sites for hydroxylation is 2. The van der Waals surface area contributed by atoms with Gasteiger partial charge < -0.3 is 10.4 Å². The van der Waals surface area contributed by atoms with Gasteiger partial charge in [-0.25, -0.2) is 0 Å². The van der Waals surface area contributed by atoms with Crippen LogP contribution in [0.25, 0.3) is 0 Å². The maximum absolute atomic E-state index is 11.8. The Balaban J connectivity index is 1.73. The monoisotopic (exact) mass is 396 g/mol. The van der Waals surface area contributed by atoms with Crippen LogP contribution in [-0.2, 0) is 0 Å². The Kier molecular flexibility index (Phi) is 5.77. The largest absolute Gasteiger partial charge is 0.377 e. The number of nitrogens with two attached hydrogens (primary N) is 1. The molecule has 3 aromatic carbocycles. The third kappa shape index (κ3) is 4.33. The van der Waals surface area contributed by atoms with Gasteiger partial charge in [0, 0.05) is 23.1 Å². The lowest BCUT2D eigenvalue weighted by molar-refractivity contribution is -0.755. The van der Waals surface area contributed by atoms with Crippen LogP contribution in [0.2, 0.25) is 0 Å². The Labute approximate surface area is 180 Å². The third-order valence-electron chi connectivity index (χ3n) is 6.43. The summed E-state index contributed by atoms with van der Waals surface area (Å²) in [7, 11) is 0. The summed E-state index contributed by atoms with van der Waals surface area (Å²) in [5, 5.41) is 14.2. The number of benzene rings is 3. The van der Waals surface area contributed by atoms with E-state index in [4.69, 9.17) is 0 Å². The molecular weight excluding hydrogens is 366 g/mol. The number of piperidine rings is 1. The lowest BCUT2D eigenvalue weighted by atomic mass is 9.72. The van der Waals surface area contributed by atoms with Crippen LogP contribution in [0, 0.1) is 31.6 Å². The highest BCUT2D eigenvalue weighted by molar-refractivity contribution is 5.38. The van der Waals surface area contributed by atoms with Gasteiger partial charge in [0.25, 0.3) is 0 Å². The Morgan fingerprint density at radius 2 is 1.40 bits per heavy atom.